The van der Waals surface area contributed by atoms with Crippen LogP contribution in [0.3, 0.4) is 0 Å². The molecule has 0 saturated carbocycles. The van der Waals surface area contributed by atoms with Crippen LogP contribution in [0.2, 0.25) is 0 Å². The number of hydrogen-bond donors (Lipinski definition) is 3. The Balaban J connectivity index is 0.000000146. The molecule has 0 spiro atoms. The first-order chi connectivity index (χ1) is 11.8. The first-order valence-corrected chi connectivity index (χ1v) is 8.28. The molecule has 0 aromatic heterocycles. The summed E-state index contributed by atoms with van der Waals surface area (Å²) in [6.45, 7) is 7.75. The maximum Gasteiger partial charge on any atom is 0.228 e. The molecule has 0 fully saturated rings. The van der Waals surface area contributed by atoms with Crippen molar-refractivity contribution in [3.8, 4) is 5.75 Å². The smallest absolute Gasteiger partial charge is 0.228 e. The van der Waals surface area contributed by atoms with Crippen LogP contribution >= 0.6 is 0 Å². The van der Waals surface area contributed by atoms with Crippen molar-refractivity contribution in [3.05, 3.63) is 51.6 Å². The number of aromatic hydroxyl groups is 1. The van der Waals surface area contributed by atoms with Crippen molar-refractivity contribution < 1.29 is 14.7 Å². The van der Waals surface area contributed by atoms with Crippen molar-refractivity contribution in [1.29, 1.82) is 0 Å². The number of carbonyl (C=O) groups is 2. The molecule has 0 unspecified atom stereocenters. The number of nitrogens with one attached hydrogen (secondary N) is 2. The van der Waals surface area contributed by atoms with E-state index >= 15 is 0 Å². The Hall–Kier alpha value is -2.82. The number of amides is 2. The van der Waals surface area contributed by atoms with Gasteiger partial charge in [-0.3, -0.25) is 9.59 Å². The fourth-order valence-electron chi connectivity index (χ4n) is 3.41. The zero-order valence-corrected chi connectivity index (χ0v) is 14.9. The molecule has 2 amide bonds. The van der Waals surface area contributed by atoms with Gasteiger partial charge in [-0.1, -0.05) is 6.07 Å². The van der Waals surface area contributed by atoms with Gasteiger partial charge in [0, 0.05) is 11.4 Å². The van der Waals surface area contributed by atoms with Gasteiger partial charge in [-0.2, -0.15) is 0 Å². The molecule has 0 atom stereocenters. The molecule has 5 nitrogen and oxygen atoms in total. The molecule has 3 N–H and O–H groups in total. The summed E-state index contributed by atoms with van der Waals surface area (Å²) in [6, 6.07) is 5.94. The Morgan fingerprint density at radius 1 is 0.800 bits per heavy atom. The number of phenolic OH excluding ortho intramolecular Hbond substituents is 1. The van der Waals surface area contributed by atoms with E-state index in [1.807, 2.05) is 39.8 Å². The van der Waals surface area contributed by atoms with Crippen LogP contribution in [0.4, 0.5) is 11.4 Å². The molecule has 25 heavy (non-hydrogen) atoms. The molecule has 2 aromatic rings. The maximum atomic E-state index is 11.1. The summed E-state index contributed by atoms with van der Waals surface area (Å²) in [4.78, 5) is 22.1. The highest BCUT2D eigenvalue weighted by Crippen LogP contribution is 2.34. The third-order valence-corrected chi connectivity index (χ3v) is 4.71. The summed E-state index contributed by atoms with van der Waals surface area (Å²) in [6.07, 6.45) is 0.927. The first-order valence-electron chi connectivity index (χ1n) is 8.28. The van der Waals surface area contributed by atoms with E-state index in [0.29, 0.717) is 18.6 Å². The lowest BCUT2D eigenvalue weighted by Crippen LogP contribution is -2.03. The number of phenols is 1. The van der Waals surface area contributed by atoms with Gasteiger partial charge in [0.05, 0.1) is 12.8 Å². The molecule has 0 aliphatic carbocycles. The molecule has 0 saturated heterocycles. The van der Waals surface area contributed by atoms with Crippen LogP contribution in [0, 0.1) is 27.7 Å². The van der Waals surface area contributed by atoms with E-state index in [0.717, 1.165) is 33.6 Å². The van der Waals surface area contributed by atoms with Gasteiger partial charge in [-0.25, -0.2) is 0 Å². The lowest BCUT2D eigenvalue weighted by Gasteiger charge is -2.07. The van der Waals surface area contributed by atoms with Crippen molar-refractivity contribution >= 4 is 23.2 Å². The minimum absolute atomic E-state index is 0.00287. The number of rotatable bonds is 0. The predicted molar refractivity (Wildman–Crippen MR) is 98.2 cm³/mol. The molecule has 4 rings (SSSR count). The molecule has 2 aromatic carbocycles. The second-order valence-corrected chi connectivity index (χ2v) is 6.75. The van der Waals surface area contributed by atoms with Gasteiger partial charge in [-0.15, -0.1) is 0 Å². The first kappa shape index (κ1) is 17.0. The lowest BCUT2D eigenvalue weighted by atomic mass is 10.0. The molecule has 5 heteroatoms. The third kappa shape index (κ3) is 3.22. The molecule has 2 aliphatic heterocycles. The third-order valence-electron chi connectivity index (χ3n) is 4.71. The van der Waals surface area contributed by atoms with E-state index < -0.39 is 0 Å². The fraction of sp³-hybridized carbons (Fsp3) is 0.300. The number of carbonyl (C=O) groups excluding carboxylic acids is 2. The summed E-state index contributed by atoms with van der Waals surface area (Å²) >= 11 is 0. The topological polar surface area (TPSA) is 78.4 Å². The van der Waals surface area contributed by atoms with E-state index in [-0.39, 0.29) is 11.8 Å². The van der Waals surface area contributed by atoms with Gasteiger partial charge in [0.2, 0.25) is 11.8 Å². The average Bonchev–Trinajstić information content (AvgIpc) is 3.07. The molecule has 130 valence electrons. The normalized spacial score (nSPS) is 14.2. The summed E-state index contributed by atoms with van der Waals surface area (Å²) in [5.74, 6) is 0.414. The van der Waals surface area contributed by atoms with E-state index in [4.69, 9.17) is 0 Å². The average molecular weight is 338 g/mol. The van der Waals surface area contributed by atoms with Crippen LogP contribution in [-0.4, -0.2) is 16.9 Å². The van der Waals surface area contributed by atoms with Crippen molar-refractivity contribution in [1.82, 2.24) is 0 Å². The minimum Gasteiger partial charge on any atom is -0.507 e. The standard InChI is InChI=1S/C10H11NO2.C10H11NO/c1-5-3-8-7(4-9(12)11-8)6(2)10(5)13;1-6-3-7(2)8-5-10(12)11-9(8)4-6/h3,13H,4H2,1-2H3,(H,11,12);3-4H,5H2,1-2H3,(H,11,12). The number of hydrogen-bond acceptors (Lipinski definition) is 3. The van der Waals surface area contributed by atoms with E-state index in [2.05, 4.69) is 16.7 Å². The van der Waals surface area contributed by atoms with Gasteiger partial charge in [0.1, 0.15) is 5.75 Å². The summed E-state index contributed by atoms with van der Waals surface area (Å²) < 4.78 is 0. The largest absolute Gasteiger partial charge is 0.507 e. The second-order valence-electron chi connectivity index (χ2n) is 6.75. The van der Waals surface area contributed by atoms with Crippen molar-refractivity contribution in [2.24, 2.45) is 0 Å². The quantitative estimate of drug-likeness (QED) is 0.645. The molecule has 0 radical (unpaired) electrons. The summed E-state index contributed by atoms with van der Waals surface area (Å²) in [7, 11) is 0. The van der Waals surface area contributed by atoms with Gasteiger partial charge < -0.3 is 15.7 Å². The summed E-state index contributed by atoms with van der Waals surface area (Å²) in [5, 5.41) is 15.2. The van der Waals surface area contributed by atoms with Crippen LogP contribution in [0.25, 0.3) is 0 Å². The molecule has 2 heterocycles. The highest BCUT2D eigenvalue weighted by atomic mass is 16.3. The van der Waals surface area contributed by atoms with Crippen LogP contribution in [0.15, 0.2) is 18.2 Å². The van der Waals surface area contributed by atoms with Crippen LogP contribution in [0.5, 0.6) is 5.75 Å². The van der Waals surface area contributed by atoms with E-state index in [9.17, 15) is 14.7 Å². The van der Waals surface area contributed by atoms with Crippen LogP contribution in [0.1, 0.15) is 33.4 Å². The zero-order chi connectivity index (χ0) is 18.3. The predicted octanol–water partition coefficient (Wildman–Crippen LogP) is 3.30. The van der Waals surface area contributed by atoms with Crippen molar-refractivity contribution in [2.45, 2.75) is 40.5 Å². The Morgan fingerprint density at radius 3 is 2.00 bits per heavy atom. The number of benzene rings is 2. The fourth-order valence-corrected chi connectivity index (χ4v) is 3.41. The molecule has 0 bridgehead atoms. The van der Waals surface area contributed by atoms with Crippen LogP contribution in [-0.2, 0) is 22.4 Å². The van der Waals surface area contributed by atoms with Crippen molar-refractivity contribution in [2.75, 3.05) is 10.6 Å². The van der Waals surface area contributed by atoms with E-state index in [1.165, 1.54) is 11.1 Å². The highest BCUT2D eigenvalue weighted by Gasteiger charge is 2.22. The van der Waals surface area contributed by atoms with Gasteiger partial charge in [-0.05, 0) is 73.2 Å². The molecular formula is C20H22N2O3. The summed E-state index contributed by atoms with van der Waals surface area (Å²) in [5.41, 5.74) is 7.96. The number of anilines is 2. The molecule has 2 aliphatic rings. The van der Waals surface area contributed by atoms with Crippen molar-refractivity contribution in [3.63, 3.8) is 0 Å². The van der Waals surface area contributed by atoms with Crippen LogP contribution < -0.4 is 10.6 Å². The molecular weight excluding hydrogens is 316 g/mol. The minimum atomic E-state index is 0.00287. The number of fused-ring (bicyclic) bond motifs is 2. The Bertz CT molecular complexity index is 901. The van der Waals surface area contributed by atoms with E-state index in [1.54, 1.807) is 0 Å². The SMILES string of the molecule is Cc1cc(C)c2c(c1)NC(=O)C2.Cc1cc2c(c(C)c1O)CC(=O)N2. The Morgan fingerprint density at radius 2 is 1.36 bits per heavy atom. The lowest BCUT2D eigenvalue weighted by molar-refractivity contribution is -0.115. The van der Waals surface area contributed by atoms with Gasteiger partial charge in [0.15, 0.2) is 0 Å². The second kappa shape index (κ2) is 6.24. The van der Waals surface area contributed by atoms with Gasteiger partial charge in [0.25, 0.3) is 0 Å². The van der Waals surface area contributed by atoms with Gasteiger partial charge >= 0.3 is 0 Å². The highest BCUT2D eigenvalue weighted by molar-refractivity contribution is 6.00. The Kier molecular flexibility index (Phi) is 4.25. The monoisotopic (exact) mass is 338 g/mol. The maximum absolute atomic E-state index is 11.1. The zero-order valence-electron chi connectivity index (χ0n) is 14.9. The Labute approximate surface area is 147 Å². The number of aryl methyl sites for hydroxylation is 3.